The summed E-state index contributed by atoms with van der Waals surface area (Å²) in [6.07, 6.45) is 1.76. The zero-order valence-electron chi connectivity index (χ0n) is 11.1. The molecular weight excluding hydrogens is 266 g/mol. The van der Waals surface area contributed by atoms with Crippen LogP contribution in [0, 0.1) is 10.1 Å². The molecule has 0 radical (unpaired) electrons. The van der Waals surface area contributed by atoms with E-state index in [9.17, 15) is 14.9 Å². The van der Waals surface area contributed by atoms with Crippen LogP contribution >= 0.6 is 11.8 Å². The highest BCUT2D eigenvalue weighted by molar-refractivity contribution is 7.98. The van der Waals surface area contributed by atoms with E-state index in [4.69, 9.17) is 0 Å². The van der Waals surface area contributed by atoms with Crippen LogP contribution in [0.5, 0.6) is 0 Å². The van der Waals surface area contributed by atoms with Gasteiger partial charge in [0.2, 0.25) is 0 Å². The molecule has 0 aliphatic heterocycles. The van der Waals surface area contributed by atoms with Gasteiger partial charge in [-0.1, -0.05) is 0 Å². The van der Waals surface area contributed by atoms with Crippen molar-refractivity contribution in [2.24, 2.45) is 0 Å². The lowest BCUT2D eigenvalue weighted by molar-refractivity contribution is -0.387. The van der Waals surface area contributed by atoms with Crippen LogP contribution in [0.3, 0.4) is 0 Å². The van der Waals surface area contributed by atoms with E-state index in [1.54, 1.807) is 25.4 Å². The van der Waals surface area contributed by atoms with E-state index in [2.05, 4.69) is 10.6 Å². The Morgan fingerprint density at radius 2 is 2.21 bits per heavy atom. The molecule has 1 unspecified atom stereocenters. The third-order valence-corrected chi connectivity index (χ3v) is 3.48. The van der Waals surface area contributed by atoms with Gasteiger partial charge in [-0.05, 0) is 32.4 Å². The number of carbonyl (C=O) groups excluding carboxylic acids is 1. The van der Waals surface area contributed by atoms with E-state index in [0.717, 1.165) is 0 Å². The summed E-state index contributed by atoms with van der Waals surface area (Å²) in [5.74, 6) is -0.308. The topological polar surface area (TPSA) is 84.3 Å². The van der Waals surface area contributed by atoms with Crippen molar-refractivity contribution in [3.05, 3.63) is 33.9 Å². The van der Waals surface area contributed by atoms with Crippen LogP contribution in [0.25, 0.3) is 0 Å². The molecule has 1 atom stereocenters. The van der Waals surface area contributed by atoms with Crippen molar-refractivity contribution in [3.63, 3.8) is 0 Å². The Balaban J connectivity index is 2.86. The predicted molar refractivity (Wildman–Crippen MR) is 75.7 cm³/mol. The molecule has 0 aromatic heterocycles. The average molecular weight is 283 g/mol. The number of thioether (sulfide) groups is 1. The Bertz CT molecular complexity index is 479. The highest BCUT2D eigenvalue weighted by Gasteiger charge is 2.17. The van der Waals surface area contributed by atoms with Gasteiger partial charge in [-0.25, -0.2) is 0 Å². The zero-order chi connectivity index (χ0) is 14.4. The minimum atomic E-state index is -0.473. The molecule has 6 nitrogen and oxygen atoms in total. The molecule has 1 aromatic carbocycles. The Hall–Kier alpha value is -1.60. The summed E-state index contributed by atoms with van der Waals surface area (Å²) < 4.78 is 0. The van der Waals surface area contributed by atoms with Gasteiger partial charge in [-0.3, -0.25) is 14.9 Å². The molecule has 7 heteroatoms. The highest BCUT2D eigenvalue weighted by Crippen LogP contribution is 2.28. The largest absolute Gasteiger partial charge is 0.350 e. The number of rotatable bonds is 6. The molecule has 2 N–H and O–H groups in total. The molecule has 0 aliphatic rings. The van der Waals surface area contributed by atoms with Crippen LogP contribution in [0.1, 0.15) is 17.3 Å². The van der Waals surface area contributed by atoms with Gasteiger partial charge in [0, 0.05) is 24.2 Å². The molecule has 0 heterocycles. The number of nitrogens with zero attached hydrogens (tertiary/aromatic N) is 1. The molecule has 1 rings (SSSR count). The second-order valence-electron chi connectivity index (χ2n) is 4.04. The minimum absolute atomic E-state index is 0.0400. The molecule has 104 valence electrons. The van der Waals surface area contributed by atoms with E-state index in [-0.39, 0.29) is 17.6 Å². The van der Waals surface area contributed by atoms with Gasteiger partial charge in [-0.15, -0.1) is 11.8 Å². The number of carbonyl (C=O) groups is 1. The van der Waals surface area contributed by atoms with E-state index < -0.39 is 4.92 Å². The Morgan fingerprint density at radius 1 is 1.53 bits per heavy atom. The molecule has 0 aliphatic carbocycles. The fourth-order valence-corrected chi connectivity index (χ4v) is 1.97. The lowest BCUT2D eigenvalue weighted by Crippen LogP contribution is -2.37. The zero-order valence-corrected chi connectivity index (χ0v) is 11.9. The van der Waals surface area contributed by atoms with E-state index in [1.807, 2.05) is 6.92 Å². The first kappa shape index (κ1) is 15.5. The third kappa shape index (κ3) is 4.22. The lowest BCUT2D eigenvalue weighted by Gasteiger charge is -2.11. The monoisotopic (exact) mass is 283 g/mol. The summed E-state index contributed by atoms with van der Waals surface area (Å²) in [4.78, 5) is 22.9. The van der Waals surface area contributed by atoms with Crippen LogP contribution < -0.4 is 10.6 Å². The number of likely N-dealkylation sites (N-methyl/N-ethyl adjacent to an activating group) is 1. The molecular formula is C12H17N3O3S. The Kier molecular flexibility index (Phi) is 5.78. The Labute approximate surface area is 116 Å². The molecule has 1 amide bonds. The lowest BCUT2D eigenvalue weighted by atomic mass is 10.2. The fourth-order valence-electron chi connectivity index (χ4n) is 1.42. The van der Waals surface area contributed by atoms with Crippen molar-refractivity contribution < 1.29 is 9.72 Å². The van der Waals surface area contributed by atoms with Crippen LogP contribution in [0.2, 0.25) is 0 Å². The summed E-state index contributed by atoms with van der Waals surface area (Å²) in [5, 5.41) is 16.6. The fraction of sp³-hybridized carbons (Fsp3) is 0.417. The molecule has 0 bridgehead atoms. The van der Waals surface area contributed by atoms with Crippen molar-refractivity contribution >= 4 is 23.4 Å². The molecule has 1 aromatic rings. The number of hydrogen-bond acceptors (Lipinski definition) is 5. The number of nitro benzene ring substituents is 1. The van der Waals surface area contributed by atoms with Gasteiger partial charge in [-0.2, -0.15) is 0 Å². The summed E-state index contributed by atoms with van der Waals surface area (Å²) >= 11 is 1.28. The number of benzene rings is 1. The predicted octanol–water partition coefficient (Wildman–Crippen LogP) is 1.65. The summed E-state index contributed by atoms with van der Waals surface area (Å²) in [6.45, 7) is 2.40. The van der Waals surface area contributed by atoms with Crippen molar-refractivity contribution in [1.82, 2.24) is 10.6 Å². The maximum absolute atomic E-state index is 11.9. The first-order chi connectivity index (χ1) is 8.99. The second kappa shape index (κ2) is 7.10. The standard InChI is InChI=1S/C12H17N3O3S/c1-8(13-2)7-14-12(16)9-4-5-11(19-3)10(6-9)15(17)18/h4-6,8,13H,7H2,1-3H3,(H,14,16). The van der Waals surface area contributed by atoms with E-state index in [1.165, 1.54) is 17.8 Å². The smallest absolute Gasteiger partial charge is 0.283 e. The highest BCUT2D eigenvalue weighted by atomic mass is 32.2. The quantitative estimate of drug-likeness (QED) is 0.471. The molecule has 0 fully saturated rings. The number of amides is 1. The number of nitro groups is 1. The van der Waals surface area contributed by atoms with Crippen LogP contribution in [0.4, 0.5) is 5.69 Å². The van der Waals surface area contributed by atoms with Crippen molar-refractivity contribution in [3.8, 4) is 0 Å². The van der Waals surface area contributed by atoms with Crippen LogP contribution in [0.15, 0.2) is 23.1 Å². The Morgan fingerprint density at radius 3 is 2.74 bits per heavy atom. The summed E-state index contributed by atoms with van der Waals surface area (Å²) in [6, 6.07) is 4.65. The normalized spacial score (nSPS) is 11.9. The number of nitrogens with one attached hydrogen (secondary N) is 2. The third-order valence-electron chi connectivity index (χ3n) is 2.70. The van der Waals surface area contributed by atoms with E-state index in [0.29, 0.717) is 17.0 Å². The first-order valence-electron chi connectivity index (χ1n) is 5.77. The van der Waals surface area contributed by atoms with Crippen molar-refractivity contribution in [2.75, 3.05) is 19.8 Å². The van der Waals surface area contributed by atoms with Crippen molar-refractivity contribution in [2.45, 2.75) is 17.9 Å². The average Bonchev–Trinajstić information content (AvgIpc) is 2.43. The number of hydrogen-bond donors (Lipinski definition) is 2. The van der Waals surface area contributed by atoms with Gasteiger partial charge in [0.25, 0.3) is 11.6 Å². The van der Waals surface area contributed by atoms with Gasteiger partial charge >= 0.3 is 0 Å². The van der Waals surface area contributed by atoms with Gasteiger partial charge < -0.3 is 10.6 Å². The molecule has 0 saturated heterocycles. The summed E-state index contributed by atoms with van der Waals surface area (Å²) in [7, 11) is 1.80. The molecule has 19 heavy (non-hydrogen) atoms. The van der Waals surface area contributed by atoms with Gasteiger partial charge in [0.05, 0.1) is 9.82 Å². The van der Waals surface area contributed by atoms with E-state index >= 15 is 0 Å². The maximum atomic E-state index is 11.9. The maximum Gasteiger partial charge on any atom is 0.283 e. The summed E-state index contributed by atoms with van der Waals surface area (Å²) in [5.41, 5.74) is 0.259. The molecule has 0 spiro atoms. The van der Waals surface area contributed by atoms with Gasteiger partial charge in [0.1, 0.15) is 0 Å². The van der Waals surface area contributed by atoms with Crippen molar-refractivity contribution in [1.29, 1.82) is 0 Å². The second-order valence-corrected chi connectivity index (χ2v) is 4.89. The van der Waals surface area contributed by atoms with Crippen LogP contribution in [-0.4, -0.2) is 36.7 Å². The first-order valence-corrected chi connectivity index (χ1v) is 7.00. The molecule has 0 saturated carbocycles. The SMILES string of the molecule is CNC(C)CNC(=O)c1ccc(SC)c([N+](=O)[O-])c1. The van der Waals surface area contributed by atoms with Crippen LogP contribution in [-0.2, 0) is 0 Å². The minimum Gasteiger partial charge on any atom is -0.350 e. The van der Waals surface area contributed by atoms with Gasteiger partial charge in [0.15, 0.2) is 0 Å².